The monoisotopic (exact) mass is 256 g/mol. The van der Waals surface area contributed by atoms with Gasteiger partial charge in [0.1, 0.15) is 24.1 Å². The van der Waals surface area contributed by atoms with Crippen molar-refractivity contribution >= 4 is 22.6 Å². The fraction of sp³-hybridized carbons (Fsp3) is 0.143. The molecular weight excluding hydrogens is 244 g/mol. The predicted octanol–water partition coefficient (Wildman–Crippen LogP) is 2.23. The molecule has 1 aromatic rings. The standard InChI is InChI=1S/C14H12N2O3/c1-18-12(17)6-11-14-13(9(15)7-19-11)8-4-2-3-5-10(8)16-14/h2-5,7H,6,15H2,1H3. The fourth-order valence-corrected chi connectivity index (χ4v) is 2.16. The molecule has 0 atom stereocenters. The van der Waals surface area contributed by atoms with Gasteiger partial charge in [-0.05, 0) is 6.07 Å². The van der Waals surface area contributed by atoms with Crippen LogP contribution in [0, 0.1) is 0 Å². The molecule has 0 saturated heterocycles. The summed E-state index contributed by atoms with van der Waals surface area (Å²) < 4.78 is 10.0. The fourth-order valence-electron chi connectivity index (χ4n) is 2.16. The quantitative estimate of drug-likeness (QED) is 0.711. The minimum Gasteiger partial charge on any atom is -0.469 e. The number of nitrogen functional groups attached to an aromatic ring is 1. The molecule has 0 aliphatic carbocycles. The Morgan fingerprint density at radius 2 is 2.21 bits per heavy atom. The first-order valence-electron chi connectivity index (χ1n) is 5.82. The molecule has 1 aromatic carbocycles. The zero-order chi connectivity index (χ0) is 13.4. The Hall–Kier alpha value is -2.56. The Kier molecular flexibility index (Phi) is 2.59. The molecule has 2 aliphatic rings. The smallest absolute Gasteiger partial charge is 0.313 e. The van der Waals surface area contributed by atoms with Crippen LogP contribution in [0.3, 0.4) is 0 Å². The number of nitrogens with zero attached hydrogens (tertiary/aromatic N) is 1. The van der Waals surface area contributed by atoms with E-state index in [0.29, 0.717) is 17.1 Å². The van der Waals surface area contributed by atoms with Crippen LogP contribution < -0.4 is 5.73 Å². The molecule has 5 nitrogen and oxygen atoms in total. The summed E-state index contributed by atoms with van der Waals surface area (Å²) in [4.78, 5) is 15.9. The van der Waals surface area contributed by atoms with Crippen LogP contribution in [0.1, 0.15) is 5.76 Å². The molecule has 0 unspecified atom stereocenters. The van der Waals surface area contributed by atoms with E-state index >= 15 is 0 Å². The van der Waals surface area contributed by atoms with Crippen LogP contribution in [0.5, 0.6) is 0 Å². The maximum Gasteiger partial charge on any atom is 0.313 e. The van der Waals surface area contributed by atoms with E-state index in [-0.39, 0.29) is 12.4 Å². The van der Waals surface area contributed by atoms with Crippen LogP contribution in [-0.2, 0) is 16.0 Å². The summed E-state index contributed by atoms with van der Waals surface area (Å²) in [6.07, 6.45) is 1.48. The van der Waals surface area contributed by atoms with Crippen molar-refractivity contribution in [3.63, 3.8) is 0 Å². The van der Waals surface area contributed by atoms with E-state index < -0.39 is 0 Å². The third kappa shape index (κ3) is 1.79. The van der Waals surface area contributed by atoms with E-state index in [2.05, 4.69) is 9.72 Å². The third-order valence-electron chi connectivity index (χ3n) is 3.06. The highest BCUT2D eigenvalue weighted by Crippen LogP contribution is 2.38. The van der Waals surface area contributed by atoms with Gasteiger partial charge in [0.05, 0.1) is 18.3 Å². The molecule has 0 spiro atoms. The maximum atomic E-state index is 11.4. The Balaban J connectivity index is 2.24. The number of methoxy groups -OCH3 is 1. The van der Waals surface area contributed by atoms with Gasteiger partial charge in [0.25, 0.3) is 0 Å². The van der Waals surface area contributed by atoms with Gasteiger partial charge in [0.15, 0.2) is 0 Å². The summed E-state index contributed by atoms with van der Waals surface area (Å²) >= 11 is 0. The van der Waals surface area contributed by atoms with Crippen molar-refractivity contribution in [2.75, 3.05) is 12.8 Å². The van der Waals surface area contributed by atoms with Gasteiger partial charge in [0.2, 0.25) is 0 Å². The number of fused-ring (bicyclic) bond motifs is 3. The van der Waals surface area contributed by atoms with Crippen molar-refractivity contribution in [2.24, 2.45) is 0 Å². The molecule has 0 bridgehead atoms. The molecule has 2 N–H and O–H groups in total. The van der Waals surface area contributed by atoms with E-state index in [4.69, 9.17) is 10.2 Å². The second kappa shape index (κ2) is 4.28. The normalized spacial score (nSPS) is 11.0. The molecule has 3 rings (SSSR count). The van der Waals surface area contributed by atoms with Crippen molar-refractivity contribution in [3.8, 4) is 11.3 Å². The summed E-state index contributed by atoms with van der Waals surface area (Å²) in [6, 6.07) is 7.67. The van der Waals surface area contributed by atoms with Gasteiger partial charge in [-0.25, -0.2) is 4.98 Å². The lowest BCUT2D eigenvalue weighted by molar-refractivity contribution is -0.140. The first kappa shape index (κ1) is 11.5. The molecule has 0 fully saturated rings. The number of carbonyl (C=O) groups excluding carboxylic acids is 1. The van der Waals surface area contributed by atoms with Crippen LogP contribution >= 0.6 is 0 Å². The van der Waals surface area contributed by atoms with E-state index in [0.717, 1.165) is 16.5 Å². The lowest BCUT2D eigenvalue weighted by Crippen LogP contribution is -2.06. The summed E-state index contributed by atoms with van der Waals surface area (Å²) in [5.74, 6) is 0.0918. The first-order chi connectivity index (χ1) is 9.20. The van der Waals surface area contributed by atoms with Crippen molar-refractivity contribution in [1.82, 2.24) is 4.98 Å². The molecule has 0 radical (unpaired) electrons. The SMILES string of the molecule is COC(=O)Cc1occ(N)c2c3ccccc3nc1-2. The third-order valence-corrected chi connectivity index (χ3v) is 3.06. The second-order valence-electron chi connectivity index (χ2n) is 4.22. The van der Waals surface area contributed by atoms with Gasteiger partial charge in [-0.15, -0.1) is 0 Å². The van der Waals surface area contributed by atoms with Crippen LogP contribution in [0.25, 0.3) is 22.2 Å². The molecule has 2 aliphatic heterocycles. The average Bonchev–Trinajstić information content (AvgIpc) is 2.82. The van der Waals surface area contributed by atoms with Crippen LogP contribution in [-0.4, -0.2) is 18.1 Å². The number of carbonyl (C=O) groups is 1. The highest BCUT2D eigenvalue weighted by Gasteiger charge is 2.22. The van der Waals surface area contributed by atoms with Crippen LogP contribution in [0.4, 0.5) is 5.69 Å². The minimum absolute atomic E-state index is 0.0383. The van der Waals surface area contributed by atoms with Crippen LogP contribution in [0.2, 0.25) is 0 Å². The lowest BCUT2D eigenvalue weighted by Gasteiger charge is -2.07. The van der Waals surface area contributed by atoms with Gasteiger partial charge in [-0.1, -0.05) is 18.2 Å². The molecule has 0 amide bonds. The molecule has 2 heterocycles. The predicted molar refractivity (Wildman–Crippen MR) is 70.8 cm³/mol. The van der Waals surface area contributed by atoms with Gasteiger partial charge in [0, 0.05) is 10.9 Å². The largest absolute Gasteiger partial charge is 0.469 e. The lowest BCUT2D eigenvalue weighted by atomic mass is 10.1. The molecular formula is C14H12N2O3. The number of hydrogen-bond acceptors (Lipinski definition) is 5. The van der Waals surface area contributed by atoms with E-state index in [9.17, 15) is 4.79 Å². The highest BCUT2D eigenvalue weighted by atomic mass is 16.5. The Labute approximate surface area is 109 Å². The number of benzene rings is 1. The molecule has 96 valence electrons. The number of hydrogen-bond donors (Lipinski definition) is 1. The van der Waals surface area contributed by atoms with Gasteiger partial charge in [-0.2, -0.15) is 0 Å². The van der Waals surface area contributed by atoms with Crippen molar-refractivity contribution < 1.29 is 13.9 Å². The Bertz CT molecular complexity index is 733. The molecule has 5 heteroatoms. The molecule has 19 heavy (non-hydrogen) atoms. The van der Waals surface area contributed by atoms with E-state index in [1.165, 1.54) is 13.4 Å². The summed E-state index contributed by atoms with van der Waals surface area (Å²) in [5.41, 5.74) is 8.73. The number of ether oxygens (including phenoxy) is 1. The number of aromatic nitrogens is 1. The summed E-state index contributed by atoms with van der Waals surface area (Å²) in [6.45, 7) is 0. The topological polar surface area (TPSA) is 78.3 Å². The van der Waals surface area contributed by atoms with Crippen molar-refractivity contribution in [2.45, 2.75) is 6.42 Å². The zero-order valence-corrected chi connectivity index (χ0v) is 10.3. The van der Waals surface area contributed by atoms with Gasteiger partial charge >= 0.3 is 5.97 Å². The zero-order valence-electron chi connectivity index (χ0n) is 10.3. The number of para-hydroxylation sites is 1. The van der Waals surface area contributed by atoms with Crippen molar-refractivity contribution in [3.05, 3.63) is 36.3 Å². The number of esters is 1. The van der Waals surface area contributed by atoms with Crippen molar-refractivity contribution in [1.29, 1.82) is 0 Å². The number of nitrogens with two attached hydrogens (primary N) is 1. The maximum absolute atomic E-state index is 11.4. The van der Waals surface area contributed by atoms with Crippen LogP contribution in [0.15, 0.2) is 34.9 Å². The summed E-state index contributed by atoms with van der Waals surface area (Å²) in [5, 5.41) is 0.955. The van der Waals surface area contributed by atoms with E-state index in [1.807, 2.05) is 24.3 Å². The first-order valence-corrected chi connectivity index (χ1v) is 5.82. The van der Waals surface area contributed by atoms with Gasteiger partial charge < -0.3 is 14.9 Å². The number of anilines is 1. The van der Waals surface area contributed by atoms with Gasteiger partial charge in [-0.3, -0.25) is 4.79 Å². The molecule has 0 saturated carbocycles. The highest BCUT2D eigenvalue weighted by molar-refractivity contribution is 6.02. The minimum atomic E-state index is -0.373. The second-order valence-corrected chi connectivity index (χ2v) is 4.22. The Morgan fingerprint density at radius 3 is 3.00 bits per heavy atom. The Morgan fingerprint density at radius 1 is 1.42 bits per heavy atom. The molecule has 0 aromatic heterocycles. The average molecular weight is 256 g/mol. The van der Waals surface area contributed by atoms with E-state index in [1.54, 1.807) is 0 Å². The summed E-state index contributed by atoms with van der Waals surface area (Å²) in [7, 11) is 1.34. The number of rotatable bonds is 2.